The van der Waals surface area contributed by atoms with Crippen LogP contribution in [0, 0.1) is 22.7 Å². The highest BCUT2D eigenvalue weighted by atomic mass is 35.5. The molecule has 2 aromatic rings. The van der Waals surface area contributed by atoms with Gasteiger partial charge in [0, 0.05) is 27.6 Å². The molecule has 0 N–H and O–H groups in total. The van der Waals surface area contributed by atoms with Crippen molar-refractivity contribution in [3.63, 3.8) is 0 Å². The fourth-order valence-electron chi connectivity index (χ4n) is 4.79. The minimum absolute atomic E-state index is 0.0668. The van der Waals surface area contributed by atoms with E-state index in [1.165, 1.54) is 0 Å². The lowest BCUT2D eigenvalue weighted by atomic mass is 9.52. The van der Waals surface area contributed by atoms with Crippen LogP contribution >= 0.6 is 11.6 Å². The number of nitriles is 1. The zero-order valence-corrected chi connectivity index (χ0v) is 16.3. The number of hydrogen-bond donors (Lipinski definition) is 0. The van der Waals surface area contributed by atoms with Crippen LogP contribution in [0.2, 0.25) is 5.02 Å². The van der Waals surface area contributed by atoms with Crippen molar-refractivity contribution in [1.82, 2.24) is 9.97 Å². The van der Waals surface area contributed by atoms with Gasteiger partial charge in [0.05, 0.1) is 11.3 Å². The second-order valence-corrected chi connectivity index (χ2v) is 8.61. The summed E-state index contributed by atoms with van der Waals surface area (Å²) in [6.45, 7) is 6.00. The highest BCUT2D eigenvalue weighted by molar-refractivity contribution is 6.30. The van der Waals surface area contributed by atoms with Crippen molar-refractivity contribution >= 4 is 17.4 Å². The van der Waals surface area contributed by atoms with Crippen molar-refractivity contribution in [2.75, 3.05) is 0 Å². The molecule has 4 rings (SSSR count). The summed E-state index contributed by atoms with van der Waals surface area (Å²) in [7, 11) is 0. The van der Waals surface area contributed by atoms with Gasteiger partial charge < -0.3 is 0 Å². The van der Waals surface area contributed by atoms with Gasteiger partial charge in [0.1, 0.15) is 6.07 Å². The maximum absolute atomic E-state index is 12.8. The van der Waals surface area contributed by atoms with E-state index < -0.39 is 10.8 Å². The van der Waals surface area contributed by atoms with Crippen molar-refractivity contribution in [3.05, 3.63) is 58.4 Å². The van der Waals surface area contributed by atoms with Crippen molar-refractivity contribution in [1.29, 1.82) is 5.26 Å². The number of ketones is 1. The second kappa shape index (κ2) is 6.00. The maximum atomic E-state index is 12.8. The molecule has 2 atom stereocenters. The summed E-state index contributed by atoms with van der Waals surface area (Å²) >= 11 is 5.99. The first-order chi connectivity index (χ1) is 12.8. The van der Waals surface area contributed by atoms with Crippen LogP contribution in [0.3, 0.4) is 0 Å². The average molecular weight is 378 g/mol. The molecule has 5 heteroatoms. The molecule has 0 aliphatic heterocycles. The molecular weight excluding hydrogens is 358 g/mol. The highest BCUT2D eigenvalue weighted by Crippen LogP contribution is 2.54. The lowest BCUT2D eigenvalue weighted by Gasteiger charge is -2.50. The van der Waals surface area contributed by atoms with Gasteiger partial charge in [0.15, 0.2) is 11.6 Å². The van der Waals surface area contributed by atoms with Gasteiger partial charge in [-0.15, -0.1) is 0 Å². The van der Waals surface area contributed by atoms with E-state index in [0.29, 0.717) is 10.8 Å². The molecule has 27 heavy (non-hydrogen) atoms. The Kier molecular flexibility index (Phi) is 3.98. The third-order valence-electron chi connectivity index (χ3n) is 6.17. The van der Waals surface area contributed by atoms with E-state index >= 15 is 0 Å². The van der Waals surface area contributed by atoms with Crippen molar-refractivity contribution in [2.45, 2.75) is 39.0 Å². The van der Waals surface area contributed by atoms with E-state index in [-0.39, 0.29) is 17.3 Å². The number of benzene rings is 1. The summed E-state index contributed by atoms with van der Waals surface area (Å²) < 4.78 is 0. The van der Waals surface area contributed by atoms with Gasteiger partial charge in [0.25, 0.3) is 0 Å². The largest absolute Gasteiger partial charge is 0.293 e. The first-order valence-corrected chi connectivity index (χ1v) is 9.45. The van der Waals surface area contributed by atoms with E-state index in [0.717, 1.165) is 29.7 Å². The fourth-order valence-corrected chi connectivity index (χ4v) is 4.92. The Labute approximate surface area is 163 Å². The molecule has 136 valence electrons. The summed E-state index contributed by atoms with van der Waals surface area (Å²) in [6, 6.07) is 9.54. The Morgan fingerprint density at radius 2 is 1.93 bits per heavy atom. The van der Waals surface area contributed by atoms with Gasteiger partial charge in [-0.25, -0.2) is 9.97 Å². The zero-order chi connectivity index (χ0) is 19.4. The third-order valence-corrected chi connectivity index (χ3v) is 6.42. The quantitative estimate of drug-likeness (QED) is 0.723. The zero-order valence-electron chi connectivity index (χ0n) is 15.6. The first kappa shape index (κ1) is 17.9. The average Bonchev–Trinajstić information content (AvgIpc) is 2.65. The van der Waals surface area contributed by atoms with E-state index in [2.05, 4.69) is 18.0 Å². The van der Waals surface area contributed by atoms with Crippen LogP contribution in [-0.4, -0.2) is 15.8 Å². The van der Waals surface area contributed by atoms with Gasteiger partial charge in [-0.2, -0.15) is 5.26 Å². The van der Waals surface area contributed by atoms with Crippen LogP contribution in [0.25, 0.3) is 11.4 Å². The summed E-state index contributed by atoms with van der Waals surface area (Å²) in [5, 5.41) is 10.2. The van der Waals surface area contributed by atoms with E-state index in [4.69, 9.17) is 16.6 Å². The Morgan fingerprint density at radius 3 is 2.59 bits per heavy atom. The van der Waals surface area contributed by atoms with Gasteiger partial charge in [-0.1, -0.05) is 38.4 Å². The monoisotopic (exact) mass is 377 g/mol. The summed E-state index contributed by atoms with van der Waals surface area (Å²) in [6.07, 6.45) is 5.43. The molecular formula is C22H20ClN3O. The summed E-state index contributed by atoms with van der Waals surface area (Å²) in [5.74, 6) is 0.659. The Bertz CT molecular complexity index is 1020. The van der Waals surface area contributed by atoms with Crippen molar-refractivity contribution in [3.8, 4) is 17.5 Å². The van der Waals surface area contributed by atoms with Crippen LogP contribution in [-0.2, 0) is 16.6 Å². The molecule has 0 spiro atoms. The number of carbonyl (C=O) groups is 1. The molecule has 0 bridgehead atoms. The normalized spacial score (nSPS) is 25.8. The van der Waals surface area contributed by atoms with Crippen molar-refractivity contribution < 1.29 is 4.79 Å². The fraction of sp³-hybridized carbons (Fsp3) is 0.364. The molecule has 0 amide bonds. The van der Waals surface area contributed by atoms with Gasteiger partial charge in [-0.05, 0) is 48.6 Å². The molecule has 0 saturated carbocycles. The number of aryl methyl sites for hydroxylation is 1. The SMILES string of the molecule is CC1(C)C(=O)C(C#N)=CC2(C)c3nc(-c4ccc(Cl)cc4)ncc3CCC12. The Hall–Kier alpha value is -2.51. The van der Waals surface area contributed by atoms with Crippen LogP contribution in [0.5, 0.6) is 0 Å². The topological polar surface area (TPSA) is 66.6 Å². The minimum Gasteiger partial charge on any atom is -0.293 e. The van der Waals surface area contributed by atoms with Crippen LogP contribution in [0.4, 0.5) is 0 Å². The Balaban J connectivity index is 1.91. The van der Waals surface area contributed by atoms with Gasteiger partial charge in [-0.3, -0.25) is 4.79 Å². The van der Waals surface area contributed by atoms with Crippen LogP contribution in [0.15, 0.2) is 42.1 Å². The Morgan fingerprint density at radius 1 is 1.22 bits per heavy atom. The smallest absolute Gasteiger partial charge is 0.178 e. The molecule has 0 saturated heterocycles. The van der Waals surface area contributed by atoms with E-state index in [1.54, 1.807) is 0 Å². The summed E-state index contributed by atoms with van der Waals surface area (Å²) in [4.78, 5) is 22.2. The number of aromatic nitrogens is 2. The number of hydrogen-bond acceptors (Lipinski definition) is 4. The number of rotatable bonds is 1. The van der Waals surface area contributed by atoms with Crippen molar-refractivity contribution in [2.24, 2.45) is 11.3 Å². The molecule has 2 aliphatic rings. The third kappa shape index (κ3) is 2.61. The molecule has 2 unspecified atom stereocenters. The number of halogens is 1. The molecule has 1 aromatic carbocycles. The lowest BCUT2D eigenvalue weighted by Crippen LogP contribution is -2.51. The first-order valence-electron chi connectivity index (χ1n) is 9.07. The number of allylic oxidation sites excluding steroid dienone is 2. The lowest BCUT2D eigenvalue weighted by molar-refractivity contribution is -0.128. The highest BCUT2D eigenvalue weighted by Gasteiger charge is 2.54. The number of nitrogens with zero attached hydrogens (tertiary/aromatic N) is 3. The minimum atomic E-state index is -0.600. The molecule has 0 radical (unpaired) electrons. The van der Waals surface area contributed by atoms with Gasteiger partial charge in [0.2, 0.25) is 0 Å². The number of fused-ring (bicyclic) bond motifs is 3. The second-order valence-electron chi connectivity index (χ2n) is 8.17. The van der Waals surface area contributed by atoms with E-state index in [9.17, 15) is 10.1 Å². The molecule has 4 nitrogen and oxygen atoms in total. The number of Topliss-reactive ketones (excluding diaryl/α,β-unsaturated/α-hetero) is 1. The van der Waals surface area contributed by atoms with E-state index in [1.807, 2.05) is 50.4 Å². The van der Waals surface area contributed by atoms with Crippen LogP contribution < -0.4 is 0 Å². The molecule has 1 aromatic heterocycles. The predicted molar refractivity (Wildman–Crippen MR) is 104 cm³/mol. The predicted octanol–water partition coefficient (Wildman–Crippen LogP) is 4.68. The standard InChI is InChI=1S/C22H20ClN3O/c1-21(2)17-9-6-14-12-25-20(13-4-7-16(23)8-5-13)26-18(14)22(17,3)10-15(11-24)19(21)27/h4-5,7-8,10,12,17H,6,9H2,1-3H3. The maximum Gasteiger partial charge on any atom is 0.178 e. The summed E-state index contributed by atoms with van der Waals surface area (Å²) in [5.41, 5.74) is 2.07. The molecule has 0 fully saturated rings. The molecule has 2 aliphatic carbocycles. The van der Waals surface area contributed by atoms with Gasteiger partial charge >= 0.3 is 0 Å². The van der Waals surface area contributed by atoms with Crippen LogP contribution in [0.1, 0.15) is 38.4 Å². The molecule has 1 heterocycles. The number of carbonyl (C=O) groups excluding carboxylic acids is 1.